The van der Waals surface area contributed by atoms with Crippen LogP contribution in [0.4, 0.5) is 0 Å². The van der Waals surface area contributed by atoms with Crippen molar-refractivity contribution in [3.05, 3.63) is 45.9 Å². The number of ether oxygens (including phenoxy) is 1. The molecular formula is C14H14N2O2S. The molecule has 98 valence electrons. The molecule has 1 aromatic heterocycles. The van der Waals surface area contributed by atoms with Gasteiger partial charge in [0.15, 0.2) is 0 Å². The van der Waals surface area contributed by atoms with Crippen molar-refractivity contribution in [3.63, 3.8) is 0 Å². The smallest absolute Gasteiger partial charge is 0.124 e. The second-order valence-electron chi connectivity index (χ2n) is 4.48. The van der Waals surface area contributed by atoms with Gasteiger partial charge in [-0.05, 0) is 37.0 Å². The van der Waals surface area contributed by atoms with Crippen molar-refractivity contribution in [1.82, 2.24) is 4.98 Å². The monoisotopic (exact) mass is 274 g/mol. The van der Waals surface area contributed by atoms with Crippen molar-refractivity contribution in [2.24, 2.45) is 5.16 Å². The number of aromatic nitrogens is 1. The Balaban J connectivity index is 1.80. The molecule has 19 heavy (non-hydrogen) atoms. The SMILES string of the molecule is O/N=C1/CCCc2ccc(OCc3cncs3)cc21. The van der Waals surface area contributed by atoms with Gasteiger partial charge in [0.1, 0.15) is 12.4 Å². The first-order valence-corrected chi connectivity index (χ1v) is 7.09. The Hall–Kier alpha value is -1.88. The molecule has 0 radical (unpaired) electrons. The van der Waals surface area contributed by atoms with E-state index in [-0.39, 0.29) is 0 Å². The van der Waals surface area contributed by atoms with Gasteiger partial charge in [-0.2, -0.15) is 0 Å². The molecule has 0 saturated heterocycles. The van der Waals surface area contributed by atoms with Gasteiger partial charge in [-0.25, -0.2) is 0 Å². The van der Waals surface area contributed by atoms with Crippen LogP contribution >= 0.6 is 11.3 Å². The van der Waals surface area contributed by atoms with E-state index < -0.39 is 0 Å². The number of rotatable bonds is 3. The Labute approximate surface area is 115 Å². The molecule has 3 rings (SSSR count). The molecule has 1 aliphatic carbocycles. The maximum atomic E-state index is 9.05. The van der Waals surface area contributed by atoms with Crippen molar-refractivity contribution in [2.45, 2.75) is 25.9 Å². The molecule has 0 aliphatic heterocycles. The molecule has 2 aromatic rings. The molecular weight excluding hydrogens is 260 g/mol. The van der Waals surface area contributed by atoms with Gasteiger partial charge in [-0.15, -0.1) is 11.3 Å². The highest BCUT2D eigenvalue weighted by Crippen LogP contribution is 2.26. The van der Waals surface area contributed by atoms with E-state index in [0.717, 1.165) is 41.2 Å². The quantitative estimate of drug-likeness (QED) is 0.690. The highest BCUT2D eigenvalue weighted by atomic mass is 32.1. The lowest BCUT2D eigenvalue weighted by Gasteiger charge is -2.17. The third-order valence-corrected chi connectivity index (χ3v) is 3.99. The van der Waals surface area contributed by atoms with E-state index in [1.54, 1.807) is 16.8 Å². The molecule has 1 aromatic carbocycles. The maximum Gasteiger partial charge on any atom is 0.124 e. The summed E-state index contributed by atoms with van der Waals surface area (Å²) in [6.45, 7) is 0.523. The highest BCUT2D eigenvalue weighted by molar-refractivity contribution is 7.09. The van der Waals surface area contributed by atoms with Gasteiger partial charge in [0.25, 0.3) is 0 Å². The van der Waals surface area contributed by atoms with Crippen LogP contribution in [0.25, 0.3) is 0 Å². The fourth-order valence-electron chi connectivity index (χ4n) is 2.28. The van der Waals surface area contributed by atoms with Crippen LogP contribution < -0.4 is 4.74 Å². The van der Waals surface area contributed by atoms with Crippen molar-refractivity contribution >= 4 is 17.0 Å². The van der Waals surface area contributed by atoms with Crippen molar-refractivity contribution in [1.29, 1.82) is 0 Å². The Morgan fingerprint density at radius 3 is 3.11 bits per heavy atom. The predicted octanol–water partition coefficient (Wildman–Crippen LogP) is 3.24. The Morgan fingerprint density at radius 2 is 2.32 bits per heavy atom. The number of oxime groups is 1. The third kappa shape index (κ3) is 2.61. The molecule has 5 heteroatoms. The van der Waals surface area contributed by atoms with Crippen molar-refractivity contribution in [2.75, 3.05) is 0 Å². The zero-order valence-corrected chi connectivity index (χ0v) is 11.2. The van der Waals surface area contributed by atoms with Crippen molar-refractivity contribution in [3.8, 4) is 5.75 Å². The van der Waals surface area contributed by atoms with Crippen molar-refractivity contribution < 1.29 is 9.94 Å². The zero-order chi connectivity index (χ0) is 13.1. The minimum atomic E-state index is 0.523. The first kappa shape index (κ1) is 12.2. The van der Waals surface area contributed by atoms with Gasteiger partial charge in [-0.3, -0.25) is 4.98 Å². The summed E-state index contributed by atoms with van der Waals surface area (Å²) >= 11 is 1.58. The van der Waals surface area contributed by atoms with Gasteiger partial charge < -0.3 is 9.94 Å². The van der Waals surface area contributed by atoms with Crippen LogP contribution in [0.5, 0.6) is 5.75 Å². The van der Waals surface area contributed by atoms with Crippen LogP contribution in [0.2, 0.25) is 0 Å². The Morgan fingerprint density at radius 1 is 1.37 bits per heavy atom. The summed E-state index contributed by atoms with van der Waals surface area (Å²) in [4.78, 5) is 5.11. The van der Waals surface area contributed by atoms with E-state index in [0.29, 0.717) is 6.61 Å². The van der Waals surface area contributed by atoms with Crippen LogP contribution in [0.15, 0.2) is 35.1 Å². The Kier molecular flexibility index (Phi) is 3.46. The summed E-state index contributed by atoms with van der Waals surface area (Å²) in [7, 11) is 0. The average Bonchev–Trinajstić information content (AvgIpc) is 2.97. The molecule has 1 aliphatic rings. The second kappa shape index (κ2) is 5.40. The molecule has 0 atom stereocenters. The number of fused-ring (bicyclic) bond motifs is 1. The van der Waals surface area contributed by atoms with Gasteiger partial charge in [0, 0.05) is 11.8 Å². The molecule has 1 N–H and O–H groups in total. The summed E-state index contributed by atoms with van der Waals surface area (Å²) in [5, 5.41) is 12.4. The maximum absolute atomic E-state index is 9.05. The van der Waals surface area contributed by atoms with Crippen LogP contribution in [-0.2, 0) is 13.0 Å². The summed E-state index contributed by atoms with van der Waals surface area (Å²) in [6.07, 6.45) is 4.70. The summed E-state index contributed by atoms with van der Waals surface area (Å²) < 4.78 is 5.74. The molecule has 4 nitrogen and oxygen atoms in total. The normalized spacial score (nSPS) is 16.3. The largest absolute Gasteiger partial charge is 0.488 e. The summed E-state index contributed by atoms with van der Waals surface area (Å²) in [6, 6.07) is 5.99. The number of hydrogen-bond acceptors (Lipinski definition) is 5. The fourth-order valence-corrected chi connectivity index (χ4v) is 2.79. The number of hydrogen-bond donors (Lipinski definition) is 1. The van der Waals surface area contributed by atoms with Gasteiger partial charge >= 0.3 is 0 Å². The number of nitrogens with zero attached hydrogens (tertiary/aromatic N) is 2. The molecule has 0 unspecified atom stereocenters. The standard InChI is InChI=1S/C14H14N2O2S/c17-16-14-3-1-2-10-4-5-11(6-13(10)14)18-8-12-7-15-9-19-12/h4-7,9,17H,1-3,8H2/b16-14-. The number of benzene rings is 1. The lowest BCUT2D eigenvalue weighted by molar-refractivity contribution is 0.309. The molecule has 0 fully saturated rings. The molecule has 0 amide bonds. The first-order valence-electron chi connectivity index (χ1n) is 6.21. The van der Waals surface area contributed by atoms with Gasteiger partial charge in [0.2, 0.25) is 0 Å². The Bertz CT molecular complexity index is 593. The molecule has 0 saturated carbocycles. The lowest BCUT2D eigenvalue weighted by Crippen LogP contribution is -2.12. The summed E-state index contributed by atoms with van der Waals surface area (Å²) in [5.41, 5.74) is 4.78. The minimum Gasteiger partial charge on any atom is -0.488 e. The van der Waals surface area contributed by atoms with E-state index in [4.69, 9.17) is 9.94 Å². The van der Waals surface area contributed by atoms with E-state index in [9.17, 15) is 0 Å². The van der Waals surface area contributed by atoms with Crippen LogP contribution in [-0.4, -0.2) is 15.9 Å². The van der Waals surface area contributed by atoms with Gasteiger partial charge in [0.05, 0.1) is 16.1 Å². The third-order valence-electron chi connectivity index (χ3n) is 3.24. The summed E-state index contributed by atoms with van der Waals surface area (Å²) in [5.74, 6) is 0.801. The van der Waals surface area contributed by atoms with E-state index in [1.165, 1.54) is 5.56 Å². The number of thiazole rings is 1. The highest BCUT2D eigenvalue weighted by Gasteiger charge is 2.16. The lowest BCUT2D eigenvalue weighted by atomic mass is 9.90. The van der Waals surface area contributed by atoms with Crippen LogP contribution in [0.3, 0.4) is 0 Å². The van der Waals surface area contributed by atoms with E-state index in [2.05, 4.69) is 16.2 Å². The van der Waals surface area contributed by atoms with E-state index in [1.807, 2.05) is 18.3 Å². The first-order chi connectivity index (χ1) is 9.36. The van der Waals surface area contributed by atoms with E-state index >= 15 is 0 Å². The number of aryl methyl sites for hydroxylation is 1. The second-order valence-corrected chi connectivity index (χ2v) is 5.45. The predicted molar refractivity (Wildman–Crippen MR) is 74.1 cm³/mol. The fraction of sp³-hybridized carbons (Fsp3) is 0.286. The molecule has 0 spiro atoms. The van der Waals surface area contributed by atoms with Crippen LogP contribution in [0, 0.1) is 0 Å². The zero-order valence-electron chi connectivity index (χ0n) is 10.4. The molecule has 0 bridgehead atoms. The average molecular weight is 274 g/mol. The van der Waals surface area contributed by atoms with Gasteiger partial charge in [-0.1, -0.05) is 11.2 Å². The van der Waals surface area contributed by atoms with Crippen LogP contribution in [0.1, 0.15) is 28.8 Å². The topological polar surface area (TPSA) is 54.7 Å². The molecule has 1 heterocycles. The minimum absolute atomic E-state index is 0.523.